The SMILES string of the molecule is COc1cc(F)cc(-c2nccc3[nH]c(-c4n[nH]c5ccc(-c6cncc(O)c6)cc45)cc23)c1. The molecule has 0 saturated carbocycles. The fourth-order valence-electron chi connectivity index (χ4n) is 4.21. The fourth-order valence-corrected chi connectivity index (χ4v) is 4.21. The van der Waals surface area contributed by atoms with E-state index in [-0.39, 0.29) is 5.75 Å². The summed E-state index contributed by atoms with van der Waals surface area (Å²) in [5.74, 6) is 0.141. The van der Waals surface area contributed by atoms with E-state index in [1.807, 2.05) is 30.3 Å². The van der Waals surface area contributed by atoms with Crippen molar-refractivity contribution < 1.29 is 14.2 Å². The van der Waals surface area contributed by atoms with Crippen LogP contribution in [0.15, 0.2) is 73.2 Å². The van der Waals surface area contributed by atoms with Crippen LogP contribution in [0.3, 0.4) is 0 Å². The topological polar surface area (TPSA) is 99.7 Å². The van der Waals surface area contributed by atoms with E-state index in [4.69, 9.17) is 4.74 Å². The highest BCUT2D eigenvalue weighted by atomic mass is 19.1. The Kier molecular flexibility index (Phi) is 4.51. The van der Waals surface area contributed by atoms with Crippen LogP contribution < -0.4 is 4.74 Å². The molecule has 8 heteroatoms. The Labute approximate surface area is 192 Å². The van der Waals surface area contributed by atoms with E-state index in [0.29, 0.717) is 17.0 Å². The van der Waals surface area contributed by atoms with Crippen molar-refractivity contribution in [3.63, 3.8) is 0 Å². The minimum Gasteiger partial charge on any atom is -0.506 e. The Morgan fingerprint density at radius 1 is 0.853 bits per heavy atom. The van der Waals surface area contributed by atoms with E-state index >= 15 is 0 Å². The number of fused-ring (bicyclic) bond motifs is 2. The first-order valence-corrected chi connectivity index (χ1v) is 10.5. The second-order valence-electron chi connectivity index (χ2n) is 7.95. The van der Waals surface area contributed by atoms with Gasteiger partial charge < -0.3 is 14.8 Å². The summed E-state index contributed by atoms with van der Waals surface area (Å²) < 4.78 is 19.4. The molecule has 0 saturated heterocycles. The largest absolute Gasteiger partial charge is 0.506 e. The van der Waals surface area contributed by atoms with E-state index in [0.717, 1.165) is 44.3 Å². The predicted molar refractivity (Wildman–Crippen MR) is 128 cm³/mol. The Bertz CT molecular complexity index is 1690. The molecule has 0 aliphatic rings. The van der Waals surface area contributed by atoms with Crippen LogP contribution in [0.4, 0.5) is 4.39 Å². The summed E-state index contributed by atoms with van der Waals surface area (Å²) in [5, 5.41) is 19.2. The molecule has 3 N–H and O–H groups in total. The van der Waals surface area contributed by atoms with Gasteiger partial charge in [-0.1, -0.05) is 6.07 Å². The third-order valence-corrected chi connectivity index (χ3v) is 5.80. The van der Waals surface area contributed by atoms with Crippen LogP contribution in [-0.4, -0.2) is 37.4 Å². The van der Waals surface area contributed by atoms with E-state index in [1.165, 1.54) is 25.4 Å². The zero-order chi connectivity index (χ0) is 23.2. The number of hydrogen-bond donors (Lipinski definition) is 3. The van der Waals surface area contributed by atoms with Crippen LogP contribution in [0.2, 0.25) is 0 Å². The first-order valence-electron chi connectivity index (χ1n) is 10.5. The molecule has 6 aromatic rings. The maximum absolute atomic E-state index is 14.2. The number of hydrogen-bond acceptors (Lipinski definition) is 5. The number of halogens is 1. The lowest BCUT2D eigenvalue weighted by atomic mass is 10.0. The molecule has 6 rings (SSSR count). The van der Waals surface area contributed by atoms with Gasteiger partial charge in [0.25, 0.3) is 0 Å². The molecule has 2 aromatic carbocycles. The molecule has 4 heterocycles. The van der Waals surface area contributed by atoms with Gasteiger partial charge in [0.1, 0.15) is 23.0 Å². The van der Waals surface area contributed by atoms with Gasteiger partial charge in [0, 0.05) is 45.9 Å². The van der Waals surface area contributed by atoms with Crippen molar-refractivity contribution >= 4 is 21.8 Å². The number of aromatic amines is 2. The molecule has 0 aliphatic carbocycles. The molecule has 0 atom stereocenters. The van der Waals surface area contributed by atoms with Gasteiger partial charge in [0.15, 0.2) is 0 Å². The summed E-state index contributed by atoms with van der Waals surface area (Å²) >= 11 is 0. The minimum atomic E-state index is -0.392. The van der Waals surface area contributed by atoms with Crippen LogP contribution in [0.25, 0.3) is 55.6 Å². The molecule has 34 heavy (non-hydrogen) atoms. The summed E-state index contributed by atoms with van der Waals surface area (Å²) in [7, 11) is 1.50. The van der Waals surface area contributed by atoms with Crippen molar-refractivity contribution in [3.05, 3.63) is 79.0 Å². The number of pyridine rings is 2. The smallest absolute Gasteiger partial charge is 0.134 e. The highest BCUT2D eigenvalue weighted by molar-refractivity contribution is 6.00. The van der Waals surface area contributed by atoms with Gasteiger partial charge in [-0.15, -0.1) is 0 Å². The van der Waals surface area contributed by atoms with E-state index in [2.05, 4.69) is 25.1 Å². The Balaban J connectivity index is 1.50. The number of nitrogens with zero attached hydrogens (tertiary/aromatic N) is 3. The lowest BCUT2D eigenvalue weighted by molar-refractivity contribution is 0.411. The van der Waals surface area contributed by atoms with E-state index in [1.54, 1.807) is 24.5 Å². The number of rotatable bonds is 4. The van der Waals surface area contributed by atoms with Crippen molar-refractivity contribution in [3.8, 4) is 45.3 Å². The van der Waals surface area contributed by atoms with Crippen molar-refractivity contribution in [1.29, 1.82) is 0 Å². The molecule has 0 spiro atoms. The van der Waals surface area contributed by atoms with E-state index < -0.39 is 5.82 Å². The average molecular weight is 451 g/mol. The quantitative estimate of drug-likeness (QED) is 0.320. The van der Waals surface area contributed by atoms with Gasteiger partial charge in [0.05, 0.1) is 30.2 Å². The van der Waals surface area contributed by atoms with Crippen molar-refractivity contribution in [2.75, 3.05) is 7.11 Å². The maximum Gasteiger partial charge on any atom is 0.134 e. The molecule has 0 amide bonds. The normalized spacial score (nSPS) is 11.4. The number of aromatic nitrogens is 5. The second-order valence-corrected chi connectivity index (χ2v) is 7.95. The predicted octanol–water partition coefficient (Wildman–Crippen LogP) is 5.69. The molecule has 166 valence electrons. The molecule has 4 aromatic heterocycles. The summed E-state index contributed by atoms with van der Waals surface area (Å²) in [5.41, 5.74) is 6.24. The number of ether oxygens (including phenoxy) is 1. The van der Waals surface area contributed by atoms with Gasteiger partial charge in [0.2, 0.25) is 0 Å². The number of H-pyrrole nitrogens is 2. The van der Waals surface area contributed by atoms with Crippen LogP contribution in [0.5, 0.6) is 11.5 Å². The van der Waals surface area contributed by atoms with Gasteiger partial charge in [-0.25, -0.2) is 4.39 Å². The van der Waals surface area contributed by atoms with Crippen LogP contribution in [0, 0.1) is 5.82 Å². The molecule has 7 nitrogen and oxygen atoms in total. The lowest BCUT2D eigenvalue weighted by Crippen LogP contribution is -1.89. The third-order valence-electron chi connectivity index (χ3n) is 5.80. The molecule has 0 radical (unpaired) electrons. The maximum atomic E-state index is 14.2. The summed E-state index contributed by atoms with van der Waals surface area (Å²) in [6, 6.07) is 15.9. The standard InChI is InChI=1S/C26H18FN5O2/c1-34-19-8-15(6-17(27)10-19)25-21-11-24(30-22(21)4-5-29-25)26-20-9-14(2-3-23(20)31-32-26)16-7-18(33)13-28-12-16/h2-13,30,33H,1H3,(H,31,32). The van der Waals surface area contributed by atoms with Crippen molar-refractivity contribution in [2.24, 2.45) is 0 Å². The Morgan fingerprint density at radius 3 is 2.59 bits per heavy atom. The molecule has 0 aliphatic heterocycles. The number of aromatic hydroxyl groups is 1. The fraction of sp³-hybridized carbons (Fsp3) is 0.0385. The number of methoxy groups -OCH3 is 1. The Hall–Kier alpha value is -4.72. The highest BCUT2D eigenvalue weighted by Gasteiger charge is 2.16. The minimum absolute atomic E-state index is 0.106. The van der Waals surface area contributed by atoms with Gasteiger partial charge in [-0.3, -0.25) is 15.1 Å². The van der Waals surface area contributed by atoms with Crippen LogP contribution in [0.1, 0.15) is 0 Å². The van der Waals surface area contributed by atoms with Gasteiger partial charge in [-0.2, -0.15) is 5.10 Å². The first-order chi connectivity index (χ1) is 16.6. The second kappa shape index (κ2) is 7.70. The zero-order valence-electron chi connectivity index (χ0n) is 18.0. The Morgan fingerprint density at radius 2 is 1.74 bits per heavy atom. The van der Waals surface area contributed by atoms with Crippen molar-refractivity contribution in [2.45, 2.75) is 0 Å². The molecular weight excluding hydrogens is 433 g/mol. The average Bonchev–Trinajstić information content (AvgIpc) is 3.47. The number of benzene rings is 2. The molecule has 0 unspecified atom stereocenters. The monoisotopic (exact) mass is 451 g/mol. The molecule has 0 bridgehead atoms. The van der Waals surface area contributed by atoms with Crippen LogP contribution >= 0.6 is 0 Å². The molecule has 0 fully saturated rings. The van der Waals surface area contributed by atoms with Crippen LogP contribution in [-0.2, 0) is 0 Å². The van der Waals surface area contributed by atoms with Gasteiger partial charge in [-0.05, 0) is 48.0 Å². The summed E-state index contributed by atoms with van der Waals surface area (Å²) in [6.45, 7) is 0. The van der Waals surface area contributed by atoms with Crippen molar-refractivity contribution in [1.82, 2.24) is 25.1 Å². The van der Waals surface area contributed by atoms with E-state index in [9.17, 15) is 9.50 Å². The summed E-state index contributed by atoms with van der Waals surface area (Å²) in [6.07, 6.45) is 4.79. The lowest BCUT2D eigenvalue weighted by Gasteiger charge is -2.06. The summed E-state index contributed by atoms with van der Waals surface area (Å²) in [4.78, 5) is 12.0. The third kappa shape index (κ3) is 3.32. The number of nitrogens with one attached hydrogen (secondary N) is 2. The zero-order valence-corrected chi connectivity index (χ0v) is 18.0. The first kappa shape index (κ1) is 19.9. The highest BCUT2D eigenvalue weighted by Crippen LogP contribution is 2.35. The van der Waals surface area contributed by atoms with Gasteiger partial charge >= 0.3 is 0 Å². The molecular formula is C26H18FN5O2.